The van der Waals surface area contributed by atoms with E-state index in [0.29, 0.717) is 6.04 Å². The van der Waals surface area contributed by atoms with Gasteiger partial charge in [-0.15, -0.1) is 0 Å². The number of nitrogens with two attached hydrogens (primary N) is 1. The number of piperidine rings is 1. The van der Waals surface area contributed by atoms with Gasteiger partial charge in [-0.25, -0.2) is 0 Å². The van der Waals surface area contributed by atoms with Crippen LogP contribution in [0.5, 0.6) is 0 Å². The monoisotopic (exact) mass is 244 g/mol. The van der Waals surface area contributed by atoms with Gasteiger partial charge < -0.3 is 10.6 Å². The summed E-state index contributed by atoms with van der Waals surface area (Å²) in [7, 11) is 2.22. The third-order valence-electron chi connectivity index (χ3n) is 4.75. The second-order valence-electron chi connectivity index (χ2n) is 6.18. The van der Waals surface area contributed by atoms with E-state index in [1.165, 1.54) is 44.3 Å². The van der Waals surface area contributed by atoms with Gasteiger partial charge in [0.2, 0.25) is 0 Å². The van der Waals surface area contributed by atoms with E-state index in [1.54, 1.807) is 5.56 Å². The van der Waals surface area contributed by atoms with Crippen LogP contribution < -0.4 is 5.73 Å². The fourth-order valence-corrected chi connectivity index (χ4v) is 3.34. The summed E-state index contributed by atoms with van der Waals surface area (Å²) in [6.45, 7) is 2.48. The van der Waals surface area contributed by atoms with Gasteiger partial charge in [0, 0.05) is 6.04 Å². The second kappa shape index (κ2) is 5.02. The van der Waals surface area contributed by atoms with Gasteiger partial charge in [-0.3, -0.25) is 0 Å². The largest absolute Gasteiger partial charge is 0.328 e. The molecule has 0 atom stereocenters. The smallest absolute Gasteiger partial charge is 0.00504 e. The van der Waals surface area contributed by atoms with Crippen molar-refractivity contribution in [3.63, 3.8) is 0 Å². The number of hydrogen-bond donors (Lipinski definition) is 1. The number of nitrogens with zero attached hydrogens (tertiary/aromatic N) is 1. The molecule has 2 heteroatoms. The molecule has 1 saturated carbocycles. The standard InChI is InChI=1S/C16H24N2/c1-18-7-5-12(6-8-18)13-3-2-4-14(9-13)15-10-16(17)11-15/h2-4,9,12,15-16H,5-8,10-11,17H2,1H3. The lowest BCUT2D eigenvalue weighted by molar-refractivity contribution is 0.255. The number of rotatable bonds is 2. The molecule has 0 bridgehead atoms. The molecule has 0 spiro atoms. The first kappa shape index (κ1) is 12.2. The average Bonchev–Trinajstić information content (AvgIpc) is 2.36. The molecule has 18 heavy (non-hydrogen) atoms. The fraction of sp³-hybridized carbons (Fsp3) is 0.625. The molecule has 1 aromatic carbocycles. The zero-order valence-electron chi connectivity index (χ0n) is 11.3. The highest BCUT2D eigenvalue weighted by atomic mass is 15.1. The van der Waals surface area contributed by atoms with Gasteiger partial charge in [0.15, 0.2) is 0 Å². The zero-order valence-corrected chi connectivity index (χ0v) is 11.3. The fourth-order valence-electron chi connectivity index (χ4n) is 3.34. The van der Waals surface area contributed by atoms with Crippen LogP contribution in [-0.4, -0.2) is 31.1 Å². The van der Waals surface area contributed by atoms with Gasteiger partial charge in [0.05, 0.1) is 0 Å². The molecule has 1 aromatic rings. The lowest BCUT2D eigenvalue weighted by Gasteiger charge is -2.34. The van der Waals surface area contributed by atoms with Crippen molar-refractivity contribution in [3.05, 3.63) is 35.4 Å². The number of benzene rings is 1. The van der Waals surface area contributed by atoms with Gasteiger partial charge >= 0.3 is 0 Å². The van der Waals surface area contributed by atoms with E-state index in [2.05, 4.69) is 36.2 Å². The highest BCUT2D eigenvalue weighted by molar-refractivity contribution is 5.31. The Morgan fingerprint density at radius 1 is 1.06 bits per heavy atom. The molecule has 0 amide bonds. The predicted octanol–water partition coefficient (Wildman–Crippen LogP) is 2.70. The highest BCUT2D eigenvalue weighted by Crippen LogP contribution is 2.37. The first-order valence-corrected chi connectivity index (χ1v) is 7.26. The molecule has 2 N–H and O–H groups in total. The molecule has 0 aromatic heterocycles. The maximum atomic E-state index is 5.90. The van der Waals surface area contributed by atoms with E-state index in [4.69, 9.17) is 5.73 Å². The van der Waals surface area contributed by atoms with Crippen LogP contribution in [0, 0.1) is 0 Å². The van der Waals surface area contributed by atoms with Crippen LogP contribution >= 0.6 is 0 Å². The molecule has 98 valence electrons. The molecule has 2 nitrogen and oxygen atoms in total. The topological polar surface area (TPSA) is 29.3 Å². The first-order chi connectivity index (χ1) is 8.72. The minimum absolute atomic E-state index is 0.446. The minimum atomic E-state index is 0.446. The second-order valence-corrected chi connectivity index (χ2v) is 6.18. The Morgan fingerprint density at radius 2 is 1.67 bits per heavy atom. The van der Waals surface area contributed by atoms with Crippen LogP contribution in [-0.2, 0) is 0 Å². The number of likely N-dealkylation sites (tertiary alicyclic amines) is 1. The lowest BCUT2D eigenvalue weighted by atomic mass is 9.75. The SMILES string of the molecule is CN1CCC(c2cccc(C3CC(N)C3)c2)CC1. The molecule has 1 saturated heterocycles. The highest BCUT2D eigenvalue weighted by Gasteiger charge is 2.28. The molecular formula is C16H24N2. The van der Waals surface area contributed by atoms with E-state index in [0.717, 1.165) is 11.8 Å². The van der Waals surface area contributed by atoms with Crippen LogP contribution in [0.1, 0.15) is 48.6 Å². The van der Waals surface area contributed by atoms with Crippen molar-refractivity contribution < 1.29 is 0 Å². The van der Waals surface area contributed by atoms with Crippen molar-refractivity contribution in [2.45, 2.75) is 43.6 Å². The molecule has 2 aliphatic rings. The Balaban J connectivity index is 1.71. The van der Waals surface area contributed by atoms with E-state index >= 15 is 0 Å². The van der Waals surface area contributed by atoms with Gasteiger partial charge in [-0.1, -0.05) is 24.3 Å². The maximum absolute atomic E-state index is 5.90. The van der Waals surface area contributed by atoms with E-state index in [9.17, 15) is 0 Å². The summed E-state index contributed by atoms with van der Waals surface area (Å²) in [6.07, 6.45) is 4.97. The minimum Gasteiger partial charge on any atom is -0.328 e. The summed E-state index contributed by atoms with van der Waals surface area (Å²) in [5.41, 5.74) is 8.97. The predicted molar refractivity (Wildman–Crippen MR) is 75.9 cm³/mol. The zero-order chi connectivity index (χ0) is 12.5. The summed E-state index contributed by atoms with van der Waals surface area (Å²) >= 11 is 0. The summed E-state index contributed by atoms with van der Waals surface area (Å²) < 4.78 is 0. The van der Waals surface area contributed by atoms with Crippen LogP contribution in [0.4, 0.5) is 0 Å². The molecular weight excluding hydrogens is 220 g/mol. The third-order valence-corrected chi connectivity index (χ3v) is 4.75. The molecule has 0 unspecified atom stereocenters. The van der Waals surface area contributed by atoms with Crippen LogP contribution in [0.3, 0.4) is 0 Å². The van der Waals surface area contributed by atoms with Crippen molar-refractivity contribution in [3.8, 4) is 0 Å². The Bertz CT molecular complexity index is 401. The molecule has 3 rings (SSSR count). The summed E-state index contributed by atoms with van der Waals surface area (Å²) in [5.74, 6) is 1.50. The Labute approximate surface area is 110 Å². The lowest BCUT2D eigenvalue weighted by Crippen LogP contribution is -2.34. The van der Waals surface area contributed by atoms with Gasteiger partial charge in [0.1, 0.15) is 0 Å². The van der Waals surface area contributed by atoms with Gasteiger partial charge in [-0.2, -0.15) is 0 Å². The molecule has 0 radical (unpaired) electrons. The van der Waals surface area contributed by atoms with Gasteiger partial charge in [-0.05, 0) is 68.8 Å². The molecule has 1 aliphatic heterocycles. The Morgan fingerprint density at radius 3 is 2.28 bits per heavy atom. The Hall–Kier alpha value is -0.860. The van der Waals surface area contributed by atoms with Gasteiger partial charge in [0.25, 0.3) is 0 Å². The van der Waals surface area contributed by atoms with E-state index in [-0.39, 0.29) is 0 Å². The van der Waals surface area contributed by atoms with Crippen LogP contribution in [0.2, 0.25) is 0 Å². The molecule has 2 fully saturated rings. The normalized spacial score (nSPS) is 30.1. The van der Waals surface area contributed by atoms with E-state index in [1.807, 2.05) is 0 Å². The summed E-state index contributed by atoms with van der Waals surface area (Å²) in [4.78, 5) is 2.44. The Kier molecular flexibility index (Phi) is 3.40. The molecule has 1 aliphatic carbocycles. The number of hydrogen-bond acceptors (Lipinski definition) is 2. The summed E-state index contributed by atoms with van der Waals surface area (Å²) in [6, 6.07) is 9.74. The quantitative estimate of drug-likeness (QED) is 0.866. The average molecular weight is 244 g/mol. The van der Waals surface area contributed by atoms with E-state index < -0.39 is 0 Å². The first-order valence-electron chi connectivity index (χ1n) is 7.26. The molecule has 1 heterocycles. The van der Waals surface area contributed by atoms with Crippen molar-refractivity contribution in [1.29, 1.82) is 0 Å². The van der Waals surface area contributed by atoms with Crippen LogP contribution in [0.15, 0.2) is 24.3 Å². The van der Waals surface area contributed by atoms with Crippen LogP contribution in [0.25, 0.3) is 0 Å². The van der Waals surface area contributed by atoms with Crippen molar-refractivity contribution in [2.24, 2.45) is 5.73 Å². The van der Waals surface area contributed by atoms with Crippen molar-refractivity contribution >= 4 is 0 Å². The summed E-state index contributed by atoms with van der Waals surface area (Å²) in [5, 5.41) is 0. The third kappa shape index (κ3) is 2.45. The van der Waals surface area contributed by atoms with Crippen molar-refractivity contribution in [1.82, 2.24) is 4.90 Å². The van der Waals surface area contributed by atoms with Crippen molar-refractivity contribution in [2.75, 3.05) is 20.1 Å². The maximum Gasteiger partial charge on any atom is 0.00504 e.